The van der Waals surface area contributed by atoms with Gasteiger partial charge in [0.15, 0.2) is 0 Å². The first kappa shape index (κ1) is 19.2. The van der Waals surface area contributed by atoms with Gasteiger partial charge in [0, 0.05) is 40.9 Å². The van der Waals surface area contributed by atoms with Gasteiger partial charge < -0.3 is 5.32 Å². The van der Waals surface area contributed by atoms with Crippen molar-refractivity contribution in [2.45, 2.75) is 6.42 Å². The summed E-state index contributed by atoms with van der Waals surface area (Å²) < 4.78 is 0. The number of anilines is 1. The maximum Gasteiger partial charge on any atom is 0.0791 e. The Morgan fingerprint density at radius 1 is 0.793 bits per heavy atom. The van der Waals surface area contributed by atoms with Crippen LogP contribution < -0.4 is 5.32 Å². The van der Waals surface area contributed by atoms with E-state index in [1.165, 1.54) is 5.56 Å². The molecule has 0 spiro atoms. The van der Waals surface area contributed by atoms with Crippen molar-refractivity contribution in [2.24, 2.45) is 0 Å². The van der Waals surface area contributed by atoms with E-state index < -0.39 is 0 Å². The first-order chi connectivity index (χ1) is 14.3. The predicted octanol–water partition coefficient (Wildman–Crippen LogP) is 6.91. The fraction of sp³-hybridized carbons (Fsp3) is 0.115. The third-order valence-electron chi connectivity index (χ3n) is 5.05. The van der Waals surface area contributed by atoms with Crippen molar-refractivity contribution < 1.29 is 0 Å². The number of benzene rings is 3. The molecule has 0 bridgehead atoms. The van der Waals surface area contributed by atoms with Crippen molar-refractivity contribution in [3.05, 3.63) is 96.6 Å². The van der Waals surface area contributed by atoms with Crippen LogP contribution in [0, 0.1) is 0 Å². The molecule has 29 heavy (non-hydrogen) atoms. The third kappa shape index (κ3) is 4.03. The minimum atomic E-state index is 0.557. The normalized spacial score (nSPS) is 10.7. The fourth-order valence-corrected chi connectivity index (χ4v) is 3.88. The van der Waals surface area contributed by atoms with Crippen LogP contribution in [0.1, 0.15) is 5.56 Å². The van der Waals surface area contributed by atoms with Gasteiger partial charge in [-0.3, -0.25) is 0 Å². The van der Waals surface area contributed by atoms with E-state index in [9.17, 15) is 0 Å². The molecule has 0 unspecified atom stereocenters. The molecule has 2 nitrogen and oxygen atoms in total. The quantitative estimate of drug-likeness (QED) is 0.357. The maximum absolute atomic E-state index is 6.23. The number of nitrogens with one attached hydrogen (secondary N) is 1. The number of hydrogen-bond acceptors (Lipinski definition) is 2. The van der Waals surface area contributed by atoms with Crippen molar-refractivity contribution in [2.75, 3.05) is 18.2 Å². The summed E-state index contributed by atoms with van der Waals surface area (Å²) in [7, 11) is 1.95. The van der Waals surface area contributed by atoms with Gasteiger partial charge in [-0.25, -0.2) is 4.98 Å². The molecule has 0 radical (unpaired) electrons. The Labute approximate surface area is 177 Å². The molecule has 1 aromatic heterocycles. The second-order valence-corrected chi connectivity index (χ2v) is 7.23. The van der Waals surface area contributed by atoms with Gasteiger partial charge >= 0.3 is 0 Å². The van der Waals surface area contributed by atoms with Crippen molar-refractivity contribution in [3.63, 3.8) is 0 Å². The van der Waals surface area contributed by atoms with Crippen LogP contribution in [0.2, 0.25) is 0 Å². The van der Waals surface area contributed by atoms with Gasteiger partial charge in [-0.05, 0) is 24.1 Å². The first-order valence-electron chi connectivity index (χ1n) is 9.79. The van der Waals surface area contributed by atoms with E-state index in [1.807, 2.05) is 37.4 Å². The van der Waals surface area contributed by atoms with Crippen LogP contribution in [0.25, 0.3) is 33.6 Å². The van der Waals surface area contributed by atoms with Gasteiger partial charge in [0.05, 0.1) is 11.4 Å². The zero-order valence-electron chi connectivity index (χ0n) is 16.4. The molecule has 0 aliphatic carbocycles. The lowest BCUT2D eigenvalue weighted by Gasteiger charge is -2.19. The molecule has 0 amide bonds. The van der Waals surface area contributed by atoms with E-state index >= 15 is 0 Å². The minimum Gasteiger partial charge on any atom is -0.388 e. The molecular formula is C26H23ClN2. The Hall–Kier alpha value is -3.10. The number of halogens is 1. The van der Waals surface area contributed by atoms with Gasteiger partial charge in [-0.15, -0.1) is 11.6 Å². The SMILES string of the molecule is CNc1ccccc1-c1c(CCCl)cc(-c2ccccc2)nc1-c1ccccc1. The number of rotatable bonds is 6. The van der Waals surface area contributed by atoms with Crippen LogP contribution in [0.4, 0.5) is 5.69 Å². The lowest BCUT2D eigenvalue weighted by atomic mass is 9.91. The molecule has 4 aromatic rings. The molecule has 1 heterocycles. The van der Waals surface area contributed by atoms with Crippen LogP contribution in [0.5, 0.6) is 0 Å². The highest BCUT2D eigenvalue weighted by Crippen LogP contribution is 2.39. The van der Waals surface area contributed by atoms with Gasteiger partial charge in [0.2, 0.25) is 0 Å². The topological polar surface area (TPSA) is 24.9 Å². The molecule has 3 heteroatoms. The average Bonchev–Trinajstić information content (AvgIpc) is 2.80. The highest BCUT2D eigenvalue weighted by atomic mass is 35.5. The Morgan fingerprint density at radius 3 is 2.07 bits per heavy atom. The molecule has 144 valence electrons. The Morgan fingerprint density at radius 2 is 1.41 bits per heavy atom. The number of pyridine rings is 1. The Bertz CT molecular complexity index is 1090. The molecule has 1 N–H and O–H groups in total. The van der Waals surface area contributed by atoms with E-state index in [-0.39, 0.29) is 0 Å². The van der Waals surface area contributed by atoms with Crippen molar-refractivity contribution in [1.29, 1.82) is 0 Å². The van der Waals surface area contributed by atoms with Gasteiger partial charge in [-0.2, -0.15) is 0 Å². The highest BCUT2D eigenvalue weighted by Gasteiger charge is 2.18. The predicted molar refractivity (Wildman–Crippen MR) is 125 cm³/mol. The summed E-state index contributed by atoms with van der Waals surface area (Å²) in [5.74, 6) is 0.557. The van der Waals surface area contributed by atoms with Crippen LogP contribution in [-0.2, 0) is 6.42 Å². The van der Waals surface area contributed by atoms with E-state index in [1.54, 1.807) is 0 Å². The summed E-state index contributed by atoms with van der Waals surface area (Å²) in [5.41, 5.74) is 8.72. The smallest absolute Gasteiger partial charge is 0.0791 e. The van der Waals surface area contributed by atoms with Crippen LogP contribution >= 0.6 is 11.6 Å². The second-order valence-electron chi connectivity index (χ2n) is 6.86. The van der Waals surface area contributed by atoms with E-state index in [2.05, 4.69) is 66.0 Å². The molecule has 0 aliphatic heterocycles. The van der Waals surface area contributed by atoms with Crippen molar-refractivity contribution in [3.8, 4) is 33.6 Å². The Kier molecular flexibility index (Phi) is 5.92. The third-order valence-corrected chi connectivity index (χ3v) is 5.24. The summed E-state index contributed by atoms with van der Waals surface area (Å²) in [6.07, 6.45) is 0.775. The zero-order valence-corrected chi connectivity index (χ0v) is 17.2. The monoisotopic (exact) mass is 398 g/mol. The molecule has 3 aromatic carbocycles. The standard InChI is InChI=1S/C26H23ClN2/c1-28-23-15-9-8-14-22(23)25-21(16-17-27)18-24(19-10-4-2-5-11-19)29-26(25)20-12-6-3-7-13-20/h2-15,18,28H,16-17H2,1H3. The number of nitrogens with zero attached hydrogens (tertiary/aromatic N) is 1. The number of para-hydroxylation sites is 1. The van der Waals surface area contributed by atoms with Crippen LogP contribution in [0.3, 0.4) is 0 Å². The van der Waals surface area contributed by atoms with Gasteiger partial charge in [0.1, 0.15) is 0 Å². The van der Waals surface area contributed by atoms with Crippen LogP contribution in [-0.4, -0.2) is 17.9 Å². The molecule has 0 aliphatic rings. The first-order valence-corrected chi connectivity index (χ1v) is 10.3. The molecule has 0 saturated heterocycles. The van der Waals surface area contributed by atoms with Crippen molar-refractivity contribution in [1.82, 2.24) is 4.98 Å². The lowest BCUT2D eigenvalue weighted by Crippen LogP contribution is -2.02. The fourth-order valence-electron chi connectivity index (χ4n) is 3.68. The maximum atomic E-state index is 6.23. The summed E-state index contributed by atoms with van der Waals surface area (Å²) in [4.78, 5) is 5.14. The minimum absolute atomic E-state index is 0.557. The van der Waals surface area contributed by atoms with Crippen molar-refractivity contribution >= 4 is 17.3 Å². The molecule has 0 saturated carbocycles. The van der Waals surface area contributed by atoms with Crippen LogP contribution in [0.15, 0.2) is 91.0 Å². The van der Waals surface area contributed by atoms with Gasteiger partial charge in [0.25, 0.3) is 0 Å². The summed E-state index contributed by atoms with van der Waals surface area (Å²) in [6, 6.07) is 31.2. The summed E-state index contributed by atoms with van der Waals surface area (Å²) in [5, 5.41) is 3.33. The molecular weight excluding hydrogens is 376 g/mol. The molecule has 0 atom stereocenters. The zero-order chi connectivity index (χ0) is 20.1. The number of aromatic nitrogens is 1. The Balaban J connectivity index is 2.05. The highest BCUT2D eigenvalue weighted by molar-refractivity contribution is 6.18. The summed E-state index contributed by atoms with van der Waals surface area (Å²) >= 11 is 6.23. The number of aryl methyl sites for hydroxylation is 1. The largest absolute Gasteiger partial charge is 0.388 e. The van der Waals surface area contributed by atoms with E-state index in [0.717, 1.165) is 45.7 Å². The molecule has 4 rings (SSSR count). The summed E-state index contributed by atoms with van der Waals surface area (Å²) in [6.45, 7) is 0. The lowest BCUT2D eigenvalue weighted by molar-refractivity contribution is 1.13. The van der Waals surface area contributed by atoms with Gasteiger partial charge in [-0.1, -0.05) is 78.9 Å². The second kappa shape index (κ2) is 8.93. The average molecular weight is 399 g/mol. The van der Waals surface area contributed by atoms with E-state index in [0.29, 0.717) is 5.88 Å². The number of hydrogen-bond donors (Lipinski definition) is 1. The van der Waals surface area contributed by atoms with E-state index in [4.69, 9.17) is 16.6 Å². The molecule has 0 fully saturated rings. The number of alkyl halides is 1.